The first-order valence-electron chi connectivity index (χ1n) is 7.55. The molecule has 1 fully saturated rings. The summed E-state index contributed by atoms with van der Waals surface area (Å²) < 4.78 is 1.92. The van der Waals surface area contributed by atoms with Crippen molar-refractivity contribution >= 4 is 22.8 Å². The molecule has 1 aromatic carbocycles. The van der Waals surface area contributed by atoms with Gasteiger partial charge in [0.15, 0.2) is 0 Å². The van der Waals surface area contributed by atoms with Crippen LogP contribution in [0, 0.1) is 12.8 Å². The number of carbonyl (C=O) groups excluding carboxylic acids is 2. The Balaban J connectivity index is 1.78. The van der Waals surface area contributed by atoms with E-state index in [1.807, 2.05) is 35.8 Å². The van der Waals surface area contributed by atoms with E-state index in [1.54, 1.807) is 4.90 Å². The lowest BCUT2D eigenvalue weighted by Crippen LogP contribution is -2.45. The number of aryl methyl sites for hydroxylation is 1. The fourth-order valence-corrected chi connectivity index (χ4v) is 3.07. The van der Waals surface area contributed by atoms with Crippen molar-refractivity contribution in [2.75, 3.05) is 13.1 Å². The van der Waals surface area contributed by atoms with Crippen LogP contribution in [0.3, 0.4) is 0 Å². The number of nitrogens with zero attached hydrogens (tertiary/aromatic N) is 3. The van der Waals surface area contributed by atoms with Crippen LogP contribution in [-0.4, -0.2) is 39.4 Å². The number of benzene rings is 1. The molecule has 0 saturated carbocycles. The molecule has 2 amide bonds. The summed E-state index contributed by atoms with van der Waals surface area (Å²) in [5.41, 5.74) is 7.22. The van der Waals surface area contributed by atoms with Crippen molar-refractivity contribution in [3.05, 3.63) is 30.1 Å². The van der Waals surface area contributed by atoms with Gasteiger partial charge in [0.1, 0.15) is 12.4 Å². The van der Waals surface area contributed by atoms with Gasteiger partial charge < -0.3 is 15.2 Å². The summed E-state index contributed by atoms with van der Waals surface area (Å²) in [5.74, 6) is 0.287. The first kappa shape index (κ1) is 14.6. The van der Waals surface area contributed by atoms with E-state index in [9.17, 15) is 9.59 Å². The van der Waals surface area contributed by atoms with Gasteiger partial charge in [-0.25, -0.2) is 4.98 Å². The second-order valence-electron chi connectivity index (χ2n) is 5.82. The molecule has 1 aliphatic rings. The van der Waals surface area contributed by atoms with Gasteiger partial charge in [0.25, 0.3) is 0 Å². The monoisotopic (exact) mass is 300 g/mol. The number of imidazole rings is 1. The number of rotatable bonds is 3. The molecule has 0 unspecified atom stereocenters. The molecule has 6 heteroatoms. The molecule has 22 heavy (non-hydrogen) atoms. The number of carbonyl (C=O) groups is 2. The number of piperidine rings is 1. The summed E-state index contributed by atoms with van der Waals surface area (Å²) in [6.07, 6.45) is 1.59. The van der Waals surface area contributed by atoms with E-state index in [0.717, 1.165) is 29.7 Å². The van der Waals surface area contributed by atoms with Crippen molar-refractivity contribution in [2.45, 2.75) is 26.3 Å². The summed E-state index contributed by atoms with van der Waals surface area (Å²) >= 11 is 0. The first-order valence-corrected chi connectivity index (χ1v) is 7.55. The number of nitrogens with two attached hydrogens (primary N) is 1. The standard InChI is InChI=1S/C16H20N4O2/c1-11-18-13-6-2-3-7-14(13)20(11)10-15(21)19-8-4-5-12(9-19)16(17)22/h2-3,6-7,12H,4-5,8-10H2,1H3,(H2,17,22)/t12-/m0/s1. The van der Waals surface area contributed by atoms with E-state index in [2.05, 4.69) is 4.98 Å². The summed E-state index contributed by atoms with van der Waals surface area (Å²) in [5, 5.41) is 0. The topological polar surface area (TPSA) is 81.2 Å². The molecule has 2 heterocycles. The molecule has 3 rings (SSSR count). The smallest absolute Gasteiger partial charge is 0.242 e. The van der Waals surface area contributed by atoms with E-state index in [0.29, 0.717) is 13.1 Å². The average Bonchev–Trinajstić information content (AvgIpc) is 2.83. The van der Waals surface area contributed by atoms with E-state index >= 15 is 0 Å². The molecule has 1 saturated heterocycles. The normalized spacial score (nSPS) is 18.6. The molecular formula is C16H20N4O2. The third-order valence-electron chi connectivity index (χ3n) is 4.32. The summed E-state index contributed by atoms with van der Waals surface area (Å²) in [4.78, 5) is 30.1. The highest BCUT2D eigenvalue weighted by atomic mass is 16.2. The molecule has 6 nitrogen and oxygen atoms in total. The Bertz CT molecular complexity index is 722. The molecule has 1 aliphatic heterocycles. The molecular weight excluding hydrogens is 280 g/mol. The van der Waals surface area contributed by atoms with E-state index < -0.39 is 0 Å². The highest BCUT2D eigenvalue weighted by Crippen LogP contribution is 2.19. The third-order valence-corrected chi connectivity index (χ3v) is 4.32. The van der Waals surface area contributed by atoms with Crippen LogP contribution in [0.4, 0.5) is 0 Å². The van der Waals surface area contributed by atoms with Crippen molar-refractivity contribution in [1.82, 2.24) is 14.5 Å². The number of aromatic nitrogens is 2. The third kappa shape index (κ3) is 2.68. The van der Waals surface area contributed by atoms with Gasteiger partial charge in [0.05, 0.1) is 17.0 Å². The van der Waals surface area contributed by atoms with E-state index in [1.165, 1.54) is 0 Å². The van der Waals surface area contributed by atoms with Gasteiger partial charge in [-0.1, -0.05) is 12.1 Å². The number of primary amides is 1. The lowest BCUT2D eigenvalue weighted by molar-refractivity contribution is -0.135. The molecule has 2 aromatic rings. The Morgan fingerprint density at radius 2 is 2.14 bits per heavy atom. The van der Waals surface area contributed by atoms with Gasteiger partial charge >= 0.3 is 0 Å². The largest absolute Gasteiger partial charge is 0.369 e. The van der Waals surface area contributed by atoms with Crippen LogP contribution in [0.1, 0.15) is 18.7 Å². The second-order valence-corrected chi connectivity index (χ2v) is 5.82. The highest BCUT2D eigenvalue weighted by Gasteiger charge is 2.27. The molecule has 0 aliphatic carbocycles. The fourth-order valence-electron chi connectivity index (χ4n) is 3.07. The van der Waals surface area contributed by atoms with Crippen molar-refractivity contribution in [3.8, 4) is 0 Å². The average molecular weight is 300 g/mol. The van der Waals surface area contributed by atoms with Crippen molar-refractivity contribution in [1.29, 1.82) is 0 Å². The second kappa shape index (κ2) is 5.79. The minimum absolute atomic E-state index is 0.0113. The lowest BCUT2D eigenvalue weighted by atomic mass is 9.97. The summed E-state index contributed by atoms with van der Waals surface area (Å²) in [6, 6.07) is 7.77. The van der Waals surface area contributed by atoms with Gasteiger partial charge in [-0.15, -0.1) is 0 Å². The maximum atomic E-state index is 12.6. The van der Waals surface area contributed by atoms with Crippen LogP contribution in [0.25, 0.3) is 11.0 Å². The molecule has 1 atom stereocenters. The summed E-state index contributed by atoms with van der Waals surface area (Å²) in [6.45, 7) is 3.27. The lowest BCUT2D eigenvalue weighted by Gasteiger charge is -2.31. The van der Waals surface area contributed by atoms with Crippen LogP contribution in [-0.2, 0) is 16.1 Å². The van der Waals surface area contributed by atoms with Gasteiger partial charge in [0.2, 0.25) is 11.8 Å². The van der Waals surface area contributed by atoms with Crippen LogP contribution >= 0.6 is 0 Å². The molecule has 1 aromatic heterocycles. The van der Waals surface area contributed by atoms with Crippen molar-refractivity contribution < 1.29 is 9.59 Å². The summed E-state index contributed by atoms with van der Waals surface area (Å²) in [7, 11) is 0. The fraction of sp³-hybridized carbons (Fsp3) is 0.438. The number of para-hydroxylation sites is 2. The molecule has 0 radical (unpaired) electrons. The van der Waals surface area contributed by atoms with Gasteiger partial charge in [-0.05, 0) is 31.9 Å². The number of fused-ring (bicyclic) bond motifs is 1. The van der Waals surface area contributed by atoms with Gasteiger partial charge in [0, 0.05) is 13.1 Å². The predicted octanol–water partition coefficient (Wildman–Crippen LogP) is 1.07. The molecule has 0 spiro atoms. The van der Waals surface area contributed by atoms with Crippen LogP contribution in [0.5, 0.6) is 0 Å². The zero-order chi connectivity index (χ0) is 15.7. The molecule has 0 bridgehead atoms. The number of hydrogen-bond acceptors (Lipinski definition) is 3. The Morgan fingerprint density at radius 1 is 1.36 bits per heavy atom. The van der Waals surface area contributed by atoms with Gasteiger partial charge in [-0.2, -0.15) is 0 Å². The molecule has 116 valence electrons. The highest BCUT2D eigenvalue weighted by molar-refractivity contribution is 5.82. The number of amides is 2. The zero-order valence-corrected chi connectivity index (χ0v) is 12.7. The predicted molar refractivity (Wildman–Crippen MR) is 83.0 cm³/mol. The van der Waals surface area contributed by atoms with Gasteiger partial charge in [-0.3, -0.25) is 9.59 Å². The zero-order valence-electron chi connectivity index (χ0n) is 12.7. The molecule has 2 N–H and O–H groups in total. The minimum Gasteiger partial charge on any atom is -0.369 e. The van der Waals surface area contributed by atoms with Crippen molar-refractivity contribution in [2.24, 2.45) is 11.7 Å². The SMILES string of the molecule is Cc1nc2ccccc2n1CC(=O)N1CCC[C@H](C(N)=O)C1. The number of hydrogen-bond donors (Lipinski definition) is 1. The minimum atomic E-state index is -0.318. The first-order chi connectivity index (χ1) is 10.6. The Morgan fingerprint density at radius 3 is 2.91 bits per heavy atom. The van der Waals surface area contributed by atoms with Crippen LogP contribution in [0.2, 0.25) is 0 Å². The van der Waals surface area contributed by atoms with E-state index in [4.69, 9.17) is 5.73 Å². The maximum absolute atomic E-state index is 12.6. The van der Waals surface area contributed by atoms with Crippen LogP contribution < -0.4 is 5.73 Å². The van der Waals surface area contributed by atoms with E-state index in [-0.39, 0.29) is 24.3 Å². The maximum Gasteiger partial charge on any atom is 0.242 e. The number of likely N-dealkylation sites (tertiary alicyclic amines) is 1. The van der Waals surface area contributed by atoms with Crippen molar-refractivity contribution in [3.63, 3.8) is 0 Å². The van der Waals surface area contributed by atoms with Crippen LogP contribution in [0.15, 0.2) is 24.3 Å². The quantitative estimate of drug-likeness (QED) is 0.920. The Labute approximate surface area is 128 Å². The Hall–Kier alpha value is -2.37. The Kier molecular flexibility index (Phi) is 3.83.